The summed E-state index contributed by atoms with van der Waals surface area (Å²) in [5.41, 5.74) is 0.466. The highest BCUT2D eigenvalue weighted by atomic mass is 16.6. The van der Waals surface area contributed by atoms with Gasteiger partial charge in [0, 0.05) is 65.5 Å². The summed E-state index contributed by atoms with van der Waals surface area (Å²) >= 11 is 0. The van der Waals surface area contributed by atoms with Crippen molar-refractivity contribution < 1.29 is 23.7 Å². The number of hydrogen-bond acceptors (Lipinski definition) is 8. The van der Waals surface area contributed by atoms with E-state index < -0.39 is 10.7 Å². The standard InChI is InChI=1S/C21H29N5O7/c1-32-13-3-7-22-19(27)15-23-9-11-24(12-10-23)20(28)4-2-8-25-17-6-5-16(26(30)31)14-18(17)33-21(25)29/h5-6,14H,2-4,7-13,15H2,1H3,(H,22,27). The fraction of sp³-hybridized carbons (Fsp3) is 0.571. The normalized spacial score (nSPS) is 14.5. The van der Waals surface area contributed by atoms with E-state index in [2.05, 4.69) is 5.32 Å². The van der Waals surface area contributed by atoms with Gasteiger partial charge in [-0.1, -0.05) is 0 Å². The molecule has 0 atom stereocenters. The molecule has 2 aromatic rings. The number of piperazine rings is 1. The number of aromatic nitrogens is 1. The van der Waals surface area contributed by atoms with Crippen LogP contribution in [0.5, 0.6) is 0 Å². The number of nitro benzene ring substituents is 1. The van der Waals surface area contributed by atoms with Crippen LogP contribution in [0.3, 0.4) is 0 Å². The van der Waals surface area contributed by atoms with E-state index >= 15 is 0 Å². The smallest absolute Gasteiger partial charge is 0.407 e. The number of rotatable bonds is 11. The third-order valence-corrected chi connectivity index (χ3v) is 5.57. The summed E-state index contributed by atoms with van der Waals surface area (Å²) in [6.45, 7) is 4.13. The molecule has 2 amide bonds. The maximum absolute atomic E-state index is 12.6. The molecule has 0 bridgehead atoms. The molecular weight excluding hydrogens is 434 g/mol. The van der Waals surface area contributed by atoms with Gasteiger partial charge in [-0.15, -0.1) is 0 Å². The Balaban J connectivity index is 1.41. The number of benzene rings is 1. The van der Waals surface area contributed by atoms with Crippen LogP contribution >= 0.6 is 0 Å². The number of carbonyl (C=O) groups is 2. The lowest BCUT2D eigenvalue weighted by Crippen LogP contribution is -2.51. The minimum atomic E-state index is -0.605. The number of nitrogens with zero attached hydrogens (tertiary/aromatic N) is 4. The number of oxazole rings is 1. The Morgan fingerprint density at radius 2 is 1.97 bits per heavy atom. The van der Waals surface area contributed by atoms with E-state index in [0.29, 0.717) is 57.8 Å². The Kier molecular flexibility index (Phi) is 8.55. The molecule has 0 radical (unpaired) electrons. The average molecular weight is 463 g/mol. The molecule has 1 aliphatic rings. The van der Waals surface area contributed by atoms with Crippen LogP contribution in [-0.2, 0) is 20.9 Å². The Morgan fingerprint density at radius 3 is 2.67 bits per heavy atom. The average Bonchev–Trinajstić information content (AvgIpc) is 3.11. The highest BCUT2D eigenvalue weighted by Gasteiger charge is 2.22. The number of amides is 2. The summed E-state index contributed by atoms with van der Waals surface area (Å²) in [5.74, 6) is -0.642. The van der Waals surface area contributed by atoms with E-state index in [1.54, 1.807) is 12.0 Å². The van der Waals surface area contributed by atoms with E-state index in [9.17, 15) is 24.5 Å². The van der Waals surface area contributed by atoms with Gasteiger partial charge in [0.05, 0.1) is 23.1 Å². The van der Waals surface area contributed by atoms with E-state index in [4.69, 9.17) is 9.15 Å². The largest absolute Gasteiger partial charge is 0.419 e. The van der Waals surface area contributed by atoms with Crippen LogP contribution in [0.4, 0.5) is 5.69 Å². The maximum atomic E-state index is 12.6. The number of ether oxygens (including phenoxy) is 1. The van der Waals surface area contributed by atoms with Crippen molar-refractivity contribution in [3.05, 3.63) is 38.9 Å². The lowest BCUT2D eigenvalue weighted by atomic mass is 10.2. The van der Waals surface area contributed by atoms with E-state index in [1.165, 1.54) is 22.8 Å². The molecule has 1 aromatic carbocycles. The van der Waals surface area contributed by atoms with Gasteiger partial charge in [-0.2, -0.15) is 0 Å². The predicted octanol–water partition coefficient (Wildman–Crippen LogP) is 0.580. The van der Waals surface area contributed by atoms with E-state index in [0.717, 1.165) is 6.42 Å². The molecule has 12 heteroatoms. The van der Waals surface area contributed by atoms with Crippen molar-refractivity contribution in [3.63, 3.8) is 0 Å². The molecule has 1 aromatic heterocycles. The first-order valence-corrected chi connectivity index (χ1v) is 10.9. The van der Waals surface area contributed by atoms with Gasteiger partial charge < -0.3 is 19.4 Å². The second-order valence-electron chi connectivity index (χ2n) is 7.89. The van der Waals surface area contributed by atoms with Crippen LogP contribution in [0, 0.1) is 10.1 Å². The number of aryl methyl sites for hydroxylation is 1. The zero-order chi connectivity index (χ0) is 23.8. The number of carbonyl (C=O) groups excluding carboxylic acids is 2. The molecule has 1 saturated heterocycles. The lowest BCUT2D eigenvalue weighted by Gasteiger charge is -2.34. The van der Waals surface area contributed by atoms with Crippen molar-refractivity contribution in [2.45, 2.75) is 25.8 Å². The molecule has 12 nitrogen and oxygen atoms in total. The second kappa shape index (κ2) is 11.6. The number of nitrogens with one attached hydrogen (secondary N) is 1. The van der Waals surface area contributed by atoms with Gasteiger partial charge in [0.1, 0.15) is 0 Å². The number of fused-ring (bicyclic) bond motifs is 1. The minimum absolute atomic E-state index is 0.00449. The van der Waals surface area contributed by atoms with Crippen molar-refractivity contribution in [1.82, 2.24) is 19.7 Å². The summed E-state index contributed by atoms with van der Waals surface area (Å²) in [6.07, 6.45) is 1.48. The predicted molar refractivity (Wildman–Crippen MR) is 119 cm³/mol. The lowest BCUT2D eigenvalue weighted by molar-refractivity contribution is -0.384. The summed E-state index contributed by atoms with van der Waals surface area (Å²) in [4.78, 5) is 50.8. The fourth-order valence-corrected chi connectivity index (χ4v) is 3.79. The van der Waals surface area contributed by atoms with Crippen LogP contribution in [0.1, 0.15) is 19.3 Å². The molecule has 33 heavy (non-hydrogen) atoms. The molecule has 0 aliphatic carbocycles. The maximum Gasteiger partial charge on any atom is 0.419 e. The Bertz CT molecular complexity index is 1040. The molecule has 180 valence electrons. The van der Waals surface area contributed by atoms with Crippen molar-refractivity contribution >= 4 is 28.6 Å². The van der Waals surface area contributed by atoms with Crippen molar-refractivity contribution in [1.29, 1.82) is 0 Å². The van der Waals surface area contributed by atoms with Gasteiger partial charge in [0.2, 0.25) is 11.8 Å². The molecule has 0 spiro atoms. The highest BCUT2D eigenvalue weighted by Crippen LogP contribution is 2.20. The molecule has 1 N–H and O–H groups in total. The van der Waals surface area contributed by atoms with E-state index in [1.807, 2.05) is 4.90 Å². The molecular formula is C21H29N5O7. The van der Waals surface area contributed by atoms with E-state index in [-0.39, 0.29) is 36.1 Å². The van der Waals surface area contributed by atoms with Crippen molar-refractivity contribution in [3.8, 4) is 0 Å². The molecule has 0 unspecified atom stereocenters. The minimum Gasteiger partial charge on any atom is -0.407 e. The number of nitro groups is 1. The van der Waals surface area contributed by atoms with Gasteiger partial charge in [0.15, 0.2) is 5.58 Å². The number of hydrogen-bond donors (Lipinski definition) is 1. The highest BCUT2D eigenvalue weighted by molar-refractivity contribution is 5.78. The first-order chi connectivity index (χ1) is 15.9. The summed E-state index contributed by atoms with van der Waals surface area (Å²) < 4.78 is 11.4. The monoisotopic (exact) mass is 463 g/mol. The zero-order valence-electron chi connectivity index (χ0n) is 18.7. The van der Waals surface area contributed by atoms with Crippen LogP contribution in [0.25, 0.3) is 11.1 Å². The van der Waals surface area contributed by atoms with Crippen LogP contribution in [-0.4, -0.2) is 84.1 Å². The van der Waals surface area contributed by atoms with Crippen LogP contribution in [0.15, 0.2) is 27.4 Å². The topological polar surface area (TPSA) is 140 Å². The zero-order valence-corrected chi connectivity index (χ0v) is 18.7. The third-order valence-electron chi connectivity index (χ3n) is 5.57. The SMILES string of the molecule is COCCCNC(=O)CN1CCN(C(=O)CCCn2c(=O)oc3cc([N+](=O)[O-])ccc32)CC1. The summed E-state index contributed by atoms with van der Waals surface area (Å²) in [5, 5.41) is 13.7. The quantitative estimate of drug-likeness (QED) is 0.290. The molecule has 3 rings (SSSR count). The molecule has 1 aliphatic heterocycles. The molecule has 1 fully saturated rings. The van der Waals surface area contributed by atoms with Gasteiger partial charge in [0.25, 0.3) is 5.69 Å². The number of methoxy groups -OCH3 is 1. The first-order valence-electron chi connectivity index (χ1n) is 10.9. The Morgan fingerprint density at radius 1 is 1.21 bits per heavy atom. The Labute approximate surface area is 190 Å². The molecule has 2 heterocycles. The first kappa shape index (κ1) is 24.4. The van der Waals surface area contributed by atoms with Gasteiger partial charge >= 0.3 is 5.76 Å². The van der Waals surface area contributed by atoms with Gasteiger partial charge in [-0.05, 0) is 18.9 Å². The molecule has 0 saturated carbocycles. The Hall–Kier alpha value is -3.25. The fourth-order valence-electron chi connectivity index (χ4n) is 3.79. The second-order valence-corrected chi connectivity index (χ2v) is 7.89. The van der Waals surface area contributed by atoms with Crippen molar-refractivity contribution in [2.24, 2.45) is 0 Å². The van der Waals surface area contributed by atoms with Gasteiger partial charge in [-0.25, -0.2) is 4.79 Å². The number of non-ortho nitro benzene ring substituents is 1. The van der Waals surface area contributed by atoms with Crippen molar-refractivity contribution in [2.75, 3.05) is 53.0 Å². The third kappa shape index (κ3) is 6.62. The van der Waals surface area contributed by atoms with Crippen LogP contribution < -0.4 is 11.1 Å². The van der Waals surface area contributed by atoms with Gasteiger partial charge in [-0.3, -0.25) is 29.2 Å². The summed E-state index contributed by atoms with van der Waals surface area (Å²) in [7, 11) is 1.62. The summed E-state index contributed by atoms with van der Waals surface area (Å²) in [6, 6.07) is 4.02. The van der Waals surface area contributed by atoms with Crippen LogP contribution in [0.2, 0.25) is 0 Å².